The van der Waals surface area contributed by atoms with Crippen LogP contribution in [0.1, 0.15) is 6.92 Å². The number of ether oxygens (including phenoxy) is 1. The van der Waals surface area contributed by atoms with E-state index in [2.05, 4.69) is 0 Å². The lowest BCUT2D eigenvalue weighted by molar-refractivity contribution is -0.106. The van der Waals surface area contributed by atoms with Gasteiger partial charge in [0.05, 0.1) is 18.9 Å². The molecule has 0 amide bonds. The number of hydrogen-bond donors (Lipinski definition) is 0. The van der Waals surface area contributed by atoms with E-state index in [1.807, 2.05) is 17.9 Å². The Balaban J connectivity index is 2.49. The van der Waals surface area contributed by atoms with Crippen LogP contribution in [0.4, 0.5) is 0 Å². The first-order chi connectivity index (χ1) is 5.38. The topological polar surface area (TPSA) is 29.5 Å². The van der Waals surface area contributed by atoms with E-state index in [0.29, 0.717) is 0 Å². The van der Waals surface area contributed by atoms with Crippen LogP contribution in [0.15, 0.2) is 11.8 Å². The van der Waals surface area contributed by atoms with Crippen LogP contribution in [-0.2, 0) is 9.53 Å². The number of hydrogen-bond acceptors (Lipinski definition) is 3. The minimum atomic E-state index is 0.727. The second-order valence-corrected chi connectivity index (χ2v) is 2.43. The fourth-order valence-electron chi connectivity index (χ4n) is 1.15. The Morgan fingerprint density at radius 2 is 2.09 bits per heavy atom. The molecule has 0 saturated carbocycles. The first-order valence-corrected chi connectivity index (χ1v) is 3.82. The van der Waals surface area contributed by atoms with E-state index >= 15 is 0 Å². The van der Waals surface area contributed by atoms with Crippen LogP contribution in [0.25, 0.3) is 0 Å². The van der Waals surface area contributed by atoms with Gasteiger partial charge in [-0.2, -0.15) is 0 Å². The molecule has 1 fully saturated rings. The lowest BCUT2D eigenvalue weighted by Gasteiger charge is -2.28. The third-order valence-corrected chi connectivity index (χ3v) is 1.79. The zero-order valence-electron chi connectivity index (χ0n) is 6.75. The van der Waals surface area contributed by atoms with Crippen LogP contribution in [0.5, 0.6) is 0 Å². The van der Waals surface area contributed by atoms with Crippen molar-refractivity contribution < 1.29 is 9.53 Å². The molecule has 0 atom stereocenters. The smallest absolute Gasteiger partial charge is 0.165 e. The third kappa shape index (κ3) is 2.05. The molecule has 0 spiro atoms. The largest absolute Gasteiger partial charge is 0.378 e. The van der Waals surface area contributed by atoms with Crippen LogP contribution in [-0.4, -0.2) is 37.5 Å². The molecule has 1 heterocycles. The van der Waals surface area contributed by atoms with E-state index < -0.39 is 0 Å². The fourth-order valence-corrected chi connectivity index (χ4v) is 1.15. The highest BCUT2D eigenvalue weighted by atomic mass is 16.5. The Labute approximate surface area is 66.6 Å². The summed E-state index contributed by atoms with van der Waals surface area (Å²) in [4.78, 5) is 12.5. The molecule has 11 heavy (non-hydrogen) atoms. The van der Waals surface area contributed by atoms with Crippen molar-refractivity contribution in [1.29, 1.82) is 0 Å². The summed E-state index contributed by atoms with van der Waals surface area (Å²) in [6.45, 7) is 4.99. The van der Waals surface area contributed by atoms with Gasteiger partial charge in [0.25, 0.3) is 0 Å². The number of carbonyl (C=O) groups excluding carboxylic acids is 1. The second-order valence-electron chi connectivity index (χ2n) is 2.43. The average molecular weight is 155 g/mol. The van der Waals surface area contributed by atoms with Crippen molar-refractivity contribution in [3.63, 3.8) is 0 Å². The highest BCUT2D eigenvalue weighted by Crippen LogP contribution is 2.04. The van der Waals surface area contributed by atoms with Crippen molar-refractivity contribution >= 4 is 6.29 Å². The van der Waals surface area contributed by atoms with Crippen LogP contribution in [0.3, 0.4) is 0 Å². The lowest BCUT2D eigenvalue weighted by Crippen LogP contribution is -2.35. The van der Waals surface area contributed by atoms with Gasteiger partial charge in [0.15, 0.2) is 6.29 Å². The Kier molecular flexibility index (Phi) is 3.11. The van der Waals surface area contributed by atoms with E-state index in [1.54, 1.807) is 0 Å². The Morgan fingerprint density at radius 3 is 2.55 bits per heavy atom. The maximum Gasteiger partial charge on any atom is 0.165 e. The van der Waals surface area contributed by atoms with Gasteiger partial charge >= 0.3 is 0 Å². The van der Waals surface area contributed by atoms with Gasteiger partial charge in [-0.25, -0.2) is 0 Å². The lowest BCUT2D eigenvalue weighted by atomic mass is 10.3. The number of rotatable bonds is 2. The summed E-state index contributed by atoms with van der Waals surface area (Å²) in [5.41, 5.74) is 0.772. The van der Waals surface area contributed by atoms with Crippen LogP contribution in [0, 0.1) is 0 Å². The van der Waals surface area contributed by atoms with Gasteiger partial charge in [-0.3, -0.25) is 4.79 Å². The number of morpholine rings is 1. The summed E-state index contributed by atoms with van der Waals surface area (Å²) in [7, 11) is 0. The molecule has 1 aliphatic rings. The number of aldehydes is 1. The zero-order valence-corrected chi connectivity index (χ0v) is 6.75. The van der Waals surface area contributed by atoms with Gasteiger partial charge < -0.3 is 9.64 Å². The van der Waals surface area contributed by atoms with Crippen molar-refractivity contribution in [2.75, 3.05) is 26.3 Å². The first kappa shape index (κ1) is 8.27. The molecule has 62 valence electrons. The molecule has 0 radical (unpaired) electrons. The Bertz CT molecular complexity index is 159. The van der Waals surface area contributed by atoms with E-state index in [-0.39, 0.29) is 0 Å². The zero-order chi connectivity index (χ0) is 8.10. The second kappa shape index (κ2) is 4.13. The van der Waals surface area contributed by atoms with Gasteiger partial charge in [-0.15, -0.1) is 0 Å². The van der Waals surface area contributed by atoms with Gasteiger partial charge in [-0.05, 0) is 6.92 Å². The molecule has 0 aromatic rings. The Hall–Kier alpha value is -0.830. The third-order valence-electron chi connectivity index (χ3n) is 1.79. The van der Waals surface area contributed by atoms with Gasteiger partial charge in [0, 0.05) is 13.1 Å². The molecule has 0 aromatic heterocycles. The van der Waals surface area contributed by atoms with Crippen molar-refractivity contribution in [3.05, 3.63) is 11.8 Å². The molecule has 0 bridgehead atoms. The van der Waals surface area contributed by atoms with E-state index in [0.717, 1.165) is 38.3 Å². The van der Waals surface area contributed by atoms with Crippen LogP contribution < -0.4 is 0 Å². The molecular weight excluding hydrogens is 142 g/mol. The predicted molar refractivity (Wildman–Crippen MR) is 42.2 cm³/mol. The van der Waals surface area contributed by atoms with Crippen LogP contribution in [0.2, 0.25) is 0 Å². The van der Waals surface area contributed by atoms with Crippen molar-refractivity contribution in [1.82, 2.24) is 4.90 Å². The highest BCUT2D eigenvalue weighted by molar-refractivity contribution is 5.72. The first-order valence-electron chi connectivity index (χ1n) is 3.82. The monoisotopic (exact) mass is 155 g/mol. The summed E-state index contributed by atoms with van der Waals surface area (Å²) in [6, 6.07) is 0. The molecule has 0 unspecified atom stereocenters. The maximum absolute atomic E-state index is 10.5. The Morgan fingerprint density at radius 1 is 1.45 bits per heavy atom. The molecule has 1 aliphatic heterocycles. The van der Waals surface area contributed by atoms with E-state index in [4.69, 9.17) is 4.74 Å². The molecule has 3 nitrogen and oxygen atoms in total. The average Bonchev–Trinajstić information content (AvgIpc) is 2.09. The van der Waals surface area contributed by atoms with Crippen LogP contribution >= 0.6 is 0 Å². The van der Waals surface area contributed by atoms with Gasteiger partial charge in [0.2, 0.25) is 0 Å². The maximum atomic E-state index is 10.5. The van der Waals surface area contributed by atoms with Crippen molar-refractivity contribution in [2.24, 2.45) is 0 Å². The molecule has 0 N–H and O–H groups in total. The molecule has 3 heteroatoms. The molecular formula is C8H13NO2. The summed E-state index contributed by atoms with van der Waals surface area (Å²) >= 11 is 0. The summed E-state index contributed by atoms with van der Waals surface area (Å²) in [5.74, 6) is 0. The van der Waals surface area contributed by atoms with Gasteiger partial charge in [-0.1, -0.05) is 6.08 Å². The van der Waals surface area contributed by atoms with E-state index in [1.165, 1.54) is 0 Å². The summed E-state index contributed by atoms with van der Waals surface area (Å²) < 4.78 is 5.15. The van der Waals surface area contributed by atoms with Crippen molar-refractivity contribution in [3.8, 4) is 0 Å². The molecule has 0 aromatic carbocycles. The van der Waals surface area contributed by atoms with E-state index in [9.17, 15) is 4.79 Å². The highest BCUT2D eigenvalue weighted by Gasteiger charge is 2.11. The molecule has 1 rings (SSSR count). The number of carbonyl (C=O) groups is 1. The number of nitrogens with zero attached hydrogens (tertiary/aromatic N) is 1. The minimum absolute atomic E-state index is 0.727. The molecule has 1 saturated heterocycles. The minimum Gasteiger partial charge on any atom is -0.378 e. The SMILES string of the molecule is C/C=C(\C=O)N1CCOCC1. The summed E-state index contributed by atoms with van der Waals surface area (Å²) in [6.07, 6.45) is 2.73. The van der Waals surface area contributed by atoms with Gasteiger partial charge in [0.1, 0.15) is 0 Å². The molecule has 0 aliphatic carbocycles. The predicted octanol–water partition coefficient (Wildman–Crippen LogP) is 0.421. The fraction of sp³-hybridized carbons (Fsp3) is 0.625. The normalized spacial score (nSPS) is 20.1. The van der Waals surface area contributed by atoms with Crippen molar-refractivity contribution in [2.45, 2.75) is 6.92 Å². The quantitative estimate of drug-likeness (QED) is 0.427. The number of allylic oxidation sites excluding steroid dienone is 2. The summed E-state index contributed by atoms with van der Waals surface area (Å²) in [5, 5.41) is 0. The standard InChI is InChI=1S/C8H13NO2/c1-2-8(7-10)9-3-5-11-6-4-9/h2,7H,3-6H2,1H3/b8-2+.